The molecule has 0 spiro atoms. The summed E-state index contributed by atoms with van der Waals surface area (Å²) in [6.07, 6.45) is 2.15. The lowest BCUT2D eigenvalue weighted by Gasteiger charge is -2.19. The number of benzene rings is 1. The topological polar surface area (TPSA) is 23.5 Å². The molecule has 0 radical (unpaired) electrons. The Morgan fingerprint density at radius 1 is 1.12 bits per heavy atom. The molecule has 0 heterocycles. The molecule has 0 unspecified atom stereocenters. The van der Waals surface area contributed by atoms with Gasteiger partial charge in [0.05, 0.1) is 0 Å². The maximum atomic E-state index is 10.1. The summed E-state index contributed by atoms with van der Waals surface area (Å²) < 4.78 is 0. The second kappa shape index (κ2) is 8.45. The van der Waals surface area contributed by atoms with Crippen molar-refractivity contribution >= 4 is 16.5 Å². The van der Waals surface area contributed by atoms with Crippen LogP contribution >= 0.6 is 11.4 Å². The summed E-state index contributed by atoms with van der Waals surface area (Å²) in [5, 5.41) is 10.6. The van der Waals surface area contributed by atoms with Gasteiger partial charge >= 0.3 is 0 Å². The molecular formula is C14H23NOS. The van der Waals surface area contributed by atoms with Crippen molar-refractivity contribution < 1.29 is 5.11 Å². The van der Waals surface area contributed by atoms with E-state index in [0.717, 1.165) is 43.0 Å². The van der Waals surface area contributed by atoms with E-state index in [9.17, 15) is 5.11 Å². The SMILES string of the molecule is CCCN(CCC)C(O)=[SH]Cc1ccccc1. The van der Waals surface area contributed by atoms with Gasteiger partial charge in [0.25, 0.3) is 0 Å². The van der Waals surface area contributed by atoms with E-state index in [2.05, 4.69) is 30.9 Å². The van der Waals surface area contributed by atoms with Gasteiger partial charge in [-0.3, -0.25) is 4.90 Å². The number of nitrogens with zero attached hydrogens (tertiary/aromatic N) is 1. The van der Waals surface area contributed by atoms with Crippen LogP contribution in [0.2, 0.25) is 0 Å². The van der Waals surface area contributed by atoms with Crippen LogP contribution in [0, 0.1) is 0 Å². The summed E-state index contributed by atoms with van der Waals surface area (Å²) in [7, 11) is 0. The summed E-state index contributed by atoms with van der Waals surface area (Å²) in [6, 6.07) is 10.3. The highest BCUT2D eigenvalue weighted by molar-refractivity contribution is 7.97. The first-order chi connectivity index (χ1) is 8.27. The van der Waals surface area contributed by atoms with E-state index in [1.165, 1.54) is 5.56 Å². The number of aliphatic hydroxyl groups is 1. The zero-order chi connectivity index (χ0) is 12.5. The summed E-state index contributed by atoms with van der Waals surface area (Å²) in [6.45, 7) is 6.18. The van der Waals surface area contributed by atoms with Crippen LogP contribution < -0.4 is 0 Å². The number of hydrogen-bond acceptors (Lipinski definition) is 0. The Morgan fingerprint density at radius 3 is 2.24 bits per heavy atom. The molecule has 0 atom stereocenters. The molecule has 0 aromatic heterocycles. The Labute approximate surface area is 108 Å². The van der Waals surface area contributed by atoms with Gasteiger partial charge in [-0.2, -0.15) is 11.4 Å². The number of thiol groups is 1. The van der Waals surface area contributed by atoms with Crippen LogP contribution in [0.15, 0.2) is 30.3 Å². The van der Waals surface area contributed by atoms with Crippen LogP contribution in [0.25, 0.3) is 0 Å². The van der Waals surface area contributed by atoms with Gasteiger partial charge in [-0.1, -0.05) is 44.2 Å². The van der Waals surface area contributed by atoms with E-state index in [1.54, 1.807) is 0 Å². The lowest BCUT2D eigenvalue weighted by Crippen LogP contribution is -2.31. The molecule has 17 heavy (non-hydrogen) atoms. The third-order valence-corrected chi connectivity index (χ3v) is 3.60. The Bertz CT molecular complexity index is 331. The van der Waals surface area contributed by atoms with Gasteiger partial charge in [-0.25, -0.2) is 0 Å². The van der Waals surface area contributed by atoms with E-state index >= 15 is 0 Å². The molecule has 0 saturated heterocycles. The quantitative estimate of drug-likeness (QED) is 0.599. The van der Waals surface area contributed by atoms with Crippen molar-refractivity contribution in [3.8, 4) is 0 Å². The van der Waals surface area contributed by atoms with Crippen molar-refractivity contribution in [2.24, 2.45) is 0 Å². The first-order valence-electron chi connectivity index (χ1n) is 6.30. The van der Waals surface area contributed by atoms with Crippen LogP contribution in [0.3, 0.4) is 0 Å². The van der Waals surface area contributed by atoms with Crippen molar-refractivity contribution in [2.75, 3.05) is 13.1 Å². The molecule has 96 valence electrons. The average molecular weight is 253 g/mol. The van der Waals surface area contributed by atoms with Crippen LogP contribution in [0.1, 0.15) is 32.3 Å². The highest BCUT2D eigenvalue weighted by Gasteiger charge is 2.05. The zero-order valence-corrected chi connectivity index (χ0v) is 11.7. The zero-order valence-electron chi connectivity index (χ0n) is 10.8. The largest absolute Gasteiger partial charge is 0.346 e. The van der Waals surface area contributed by atoms with Crippen LogP contribution in [0.5, 0.6) is 0 Å². The van der Waals surface area contributed by atoms with Gasteiger partial charge < -0.3 is 5.11 Å². The van der Waals surface area contributed by atoms with E-state index in [1.807, 2.05) is 18.2 Å². The van der Waals surface area contributed by atoms with Crippen molar-refractivity contribution in [2.45, 2.75) is 32.4 Å². The van der Waals surface area contributed by atoms with Gasteiger partial charge in [-0.05, 0) is 18.4 Å². The molecule has 0 bridgehead atoms. The molecule has 0 aliphatic rings. The van der Waals surface area contributed by atoms with Gasteiger partial charge in [0.15, 0.2) is 0 Å². The lowest BCUT2D eigenvalue weighted by atomic mass is 10.2. The minimum atomic E-state index is 0.512. The predicted octanol–water partition coefficient (Wildman–Crippen LogP) is 3.42. The van der Waals surface area contributed by atoms with E-state index < -0.39 is 0 Å². The fourth-order valence-electron chi connectivity index (χ4n) is 1.70. The summed E-state index contributed by atoms with van der Waals surface area (Å²) >= 11 is 0.999. The van der Waals surface area contributed by atoms with Crippen molar-refractivity contribution in [1.29, 1.82) is 0 Å². The minimum absolute atomic E-state index is 0.512. The van der Waals surface area contributed by atoms with Crippen molar-refractivity contribution in [3.05, 3.63) is 35.9 Å². The fraction of sp³-hybridized carbons (Fsp3) is 0.500. The number of aliphatic hydroxyl groups excluding tert-OH is 1. The van der Waals surface area contributed by atoms with Gasteiger partial charge in [0, 0.05) is 18.8 Å². The first kappa shape index (κ1) is 14.4. The molecular weight excluding hydrogens is 230 g/mol. The third kappa shape index (κ3) is 5.48. The number of rotatable bonds is 6. The smallest absolute Gasteiger partial charge is 0.142 e. The number of hydrogen-bond donors (Lipinski definition) is 2. The summed E-state index contributed by atoms with van der Waals surface area (Å²) in [5.74, 6) is 0.886. The highest BCUT2D eigenvalue weighted by Crippen LogP contribution is 2.08. The van der Waals surface area contributed by atoms with E-state index in [0.29, 0.717) is 5.17 Å². The minimum Gasteiger partial charge on any atom is -0.346 e. The summed E-state index contributed by atoms with van der Waals surface area (Å²) in [5.41, 5.74) is 1.27. The van der Waals surface area contributed by atoms with Gasteiger partial charge in [0.2, 0.25) is 0 Å². The molecule has 1 aromatic rings. The fourth-order valence-corrected chi connectivity index (χ4v) is 2.63. The normalized spacial score (nSPS) is 12.6. The Kier molecular flexibility index (Phi) is 7.17. The predicted molar refractivity (Wildman–Crippen MR) is 78.9 cm³/mol. The Balaban J connectivity index is 2.57. The third-order valence-electron chi connectivity index (χ3n) is 2.52. The van der Waals surface area contributed by atoms with Crippen LogP contribution in [0.4, 0.5) is 0 Å². The second-order valence-corrected chi connectivity index (χ2v) is 5.12. The highest BCUT2D eigenvalue weighted by atomic mass is 32.1. The summed E-state index contributed by atoms with van der Waals surface area (Å²) in [4.78, 5) is 2.09. The maximum Gasteiger partial charge on any atom is 0.142 e. The molecule has 1 N–H and O–H groups in total. The van der Waals surface area contributed by atoms with Crippen LogP contribution in [-0.2, 0) is 5.75 Å². The molecule has 0 amide bonds. The van der Waals surface area contributed by atoms with Gasteiger partial charge in [0.1, 0.15) is 5.17 Å². The molecule has 0 aliphatic heterocycles. The molecule has 1 rings (SSSR count). The average Bonchev–Trinajstić information content (AvgIpc) is 2.37. The molecule has 0 fully saturated rings. The molecule has 0 saturated carbocycles. The van der Waals surface area contributed by atoms with E-state index in [4.69, 9.17) is 0 Å². The molecule has 2 nitrogen and oxygen atoms in total. The second-order valence-electron chi connectivity index (χ2n) is 4.09. The van der Waals surface area contributed by atoms with Gasteiger partial charge in [-0.15, -0.1) is 0 Å². The van der Waals surface area contributed by atoms with Crippen molar-refractivity contribution in [3.63, 3.8) is 0 Å². The van der Waals surface area contributed by atoms with E-state index in [-0.39, 0.29) is 0 Å². The lowest BCUT2D eigenvalue weighted by molar-refractivity contribution is 0.344. The standard InChI is InChI=1S/C14H23NOS/c1-3-10-15(11-4-2)14(16)17-12-13-8-6-5-7-9-13/h5-9,16-17H,3-4,10-12H2,1-2H3. The molecule has 1 aromatic carbocycles. The van der Waals surface area contributed by atoms with Crippen LogP contribution in [-0.4, -0.2) is 28.3 Å². The van der Waals surface area contributed by atoms with Crippen molar-refractivity contribution in [1.82, 2.24) is 4.90 Å². The Hall–Kier alpha value is -0.640. The maximum absolute atomic E-state index is 10.1. The first-order valence-corrected chi connectivity index (χ1v) is 7.38. The molecule has 3 heteroatoms. The Morgan fingerprint density at radius 2 is 1.71 bits per heavy atom. The monoisotopic (exact) mass is 253 g/mol. The molecule has 0 aliphatic carbocycles.